The molecule has 1 N–H and O–H groups in total. The minimum Gasteiger partial charge on any atom is -0.309 e. The number of hydrogen-bond acceptors (Lipinski definition) is 2. The summed E-state index contributed by atoms with van der Waals surface area (Å²) < 4.78 is 1.25. The number of halogens is 1. The summed E-state index contributed by atoms with van der Waals surface area (Å²) in [4.78, 5) is 1.50. The van der Waals surface area contributed by atoms with E-state index in [1.165, 1.54) is 40.8 Å². The Morgan fingerprint density at radius 3 is 2.50 bits per heavy atom. The molecule has 0 spiro atoms. The van der Waals surface area contributed by atoms with Crippen molar-refractivity contribution in [2.75, 3.05) is 6.54 Å². The predicted molar refractivity (Wildman–Crippen MR) is 84.2 cm³/mol. The molecule has 1 nitrogen and oxygen atoms in total. The first kappa shape index (κ1) is 14.5. The van der Waals surface area contributed by atoms with Gasteiger partial charge >= 0.3 is 0 Å². The Kier molecular flexibility index (Phi) is 5.71. The molecule has 1 aromatic heterocycles. The fraction of sp³-hybridized carbons (Fsp3) is 0.733. The van der Waals surface area contributed by atoms with Crippen LogP contribution in [0.1, 0.15) is 56.9 Å². The fourth-order valence-electron chi connectivity index (χ4n) is 3.14. The van der Waals surface area contributed by atoms with Gasteiger partial charge < -0.3 is 5.32 Å². The number of thiophene rings is 1. The molecule has 1 aliphatic carbocycles. The Hall–Kier alpha value is 0.140. The van der Waals surface area contributed by atoms with Crippen molar-refractivity contribution < 1.29 is 0 Å². The van der Waals surface area contributed by atoms with Crippen molar-refractivity contribution in [1.82, 2.24) is 5.32 Å². The molecule has 0 bridgehead atoms. The third kappa shape index (κ3) is 3.58. The Morgan fingerprint density at radius 1 is 1.28 bits per heavy atom. The molecule has 102 valence electrons. The van der Waals surface area contributed by atoms with E-state index in [4.69, 9.17) is 0 Å². The Labute approximate surface area is 123 Å². The first-order valence-electron chi connectivity index (χ1n) is 7.23. The molecule has 0 amide bonds. The van der Waals surface area contributed by atoms with E-state index in [-0.39, 0.29) is 0 Å². The van der Waals surface area contributed by atoms with Gasteiger partial charge in [-0.05, 0) is 59.3 Å². The quantitative estimate of drug-likeness (QED) is 0.764. The molecule has 1 fully saturated rings. The lowest BCUT2D eigenvalue weighted by Crippen LogP contribution is -2.30. The van der Waals surface area contributed by atoms with Crippen LogP contribution in [0.3, 0.4) is 0 Å². The summed E-state index contributed by atoms with van der Waals surface area (Å²) in [7, 11) is 0. The smallest absolute Gasteiger partial charge is 0.0701 e. The van der Waals surface area contributed by atoms with E-state index in [9.17, 15) is 0 Å². The van der Waals surface area contributed by atoms with Gasteiger partial charge in [0.15, 0.2) is 0 Å². The molecule has 1 aliphatic rings. The Morgan fingerprint density at radius 2 is 2.00 bits per heavy atom. The number of hydrogen-bond donors (Lipinski definition) is 1. The van der Waals surface area contributed by atoms with E-state index in [1.807, 2.05) is 11.3 Å². The van der Waals surface area contributed by atoms with Gasteiger partial charge in [-0.25, -0.2) is 0 Å². The molecule has 1 atom stereocenters. The van der Waals surface area contributed by atoms with E-state index >= 15 is 0 Å². The second-order valence-electron chi connectivity index (χ2n) is 5.37. The molecule has 1 saturated carbocycles. The van der Waals surface area contributed by atoms with Crippen molar-refractivity contribution in [2.24, 2.45) is 11.8 Å². The normalized spacial score (nSPS) is 26.2. The molecule has 2 rings (SSSR count). The predicted octanol–water partition coefficient (Wildman–Crippen LogP) is 5.38. The van der Waals surface area contributed by atoms with Crippen molar-refractivity contribution in [3.63, 3.8) is 0 Å². The van der Waals surface area contributed by atoms with Gasteiger partial charge in [-0.3, -0.25) is 0 Å². The van der Waals surface area contributed by atoms with Crippen LogP contribution in [-0.2, 0) is 0 Å². The summed E-state index contributed by atoms with van der Waals surface area (Å²) >= 11 is 5.48. The minimum atomic E-state index is 0.573. The van der Waals surface area contributed by atoms with Crippen molar-refractivity contribution in [3.05, 3.63) is 20.8 Å². The highest BCUT2D eigenvalue weighted by molar-refractivity contribution is 9.11. The lowest BCUT2D eigenvalue weighted by molar-refractivity contribution is 0.222. The van der Waals surface area contributed by atoms with E-state index in [1.54, 1.807) is 0 Å². The summed E-state index contributed by atoms with van der Waals surface area (Å²) in [6, 6.07) is 5.04. The topological polar surface area (TPSA) is 12.0 Å². The molecule has 1 aromatic rings. The lowest BCUT2D eigenvalue weighted by atomic mass is 9.77. The SMILES string of the molecule is CCNC(c1ccc(Br)s1)C1CCC(CC)CC1. The largest absolute Gasteiger partial charge is 0.309 e. The summed E-state index contributed by atoms with van der Waals surface area (Å²) in [6.45, 7) is 5.62. The van der Waals surface area contributed by atoms with Crippen LogP contribution in [0.5, 0.6) is 0 Å². The molecule has 0 saturated heterocycles. The second kappa shape index (κ2) is 7.06. The Bertz CT molecular complexity index is 355. The van der Waals surface area contributed by atoms with Gasteiger partial charge in [0.1, 0.15) is 0 Å². The van der Waals surface area contributed by atoms with Crippen LogP contribution in [0.25, 0.3) is 0 Å². The fourth-order valence-corrected chi connectivity index (χ4v) is 4.74. The van der Waals surface area contributed by atoms with Crippen LogP contribution in [0, 0.1) is 11.8 Å². The van der Waals surface area contributed by atoms with Gasteiger partial charge in [-0.2, -0.15) is 0 Å². The zero-order valence-electron chi connectivity index (χ0n) is 11.4. The molecule has 0 aliphatic heterocycles. The second-order valence-corrected chi connectivity index (χ2v) is 7.86. The first-order valence-corrected chi connectivity index (χ1v) is 8.84. The molecule has 3 heteroatoms. The first-order chi connectivity index (χ1) is 8.74. The molecular formula is C15H24BrNS. The highest BCUT2D eigenvalue weighted by Gasteiger charge is 2.28. The van der Waals surface area contributed by atoms with Crippen LogP contribution in [0.4, 0.5) is 0 Å². The van der Waals surface area contributed by atoms with Crippen LogP contribution in [0.2, 0.25) is 0 Å². The van der Waals surface area contributed by atoms with Gasteiger partial charge in [0.2, 0.25) is 0 Å². The summed E-state index contributed by atoms with van der Waals surface area (Å²) in [5.41, 5.74) is 0. The molecule has 0 radical (unpaired) electrons. The van der Waals surface area contributed by atoms with Gasteiger partial charge in [0, 0.05) is 10.9 Å². The average Bonchev–Trinajstić information content (AvgIpc) is 2.82. The Balaban J connectivity index is 2.02. The van der Waals surface area contributed by atoms with E-state index < -0.39 is 0 Å². The lowest BCUT2D eigenvalue weighted by Gasteiger charge is -2.33. The standard InChI is InChI=1S/C15H24BrNS/c1-3-11-5-7-12(8-6-11)15(17-4-2)13-9-10-14(16)18-13/h9-12,15,17H,3-8H2,1-2H3. The third-order valence-corrected chi connectivity index (χ3v) is 5.97. The van der Waals surface area contributed by atoms with Crippen LogP contribution >= 0.6 is 27.3 Å². The van der Waals surface area contributed by atoms with Gasteiger partial charge in [-0.1, -0.05) is 33.1 Å². The van der Waals surface area contributed by atoms with Crippen molar-refractivity contribution in [1.29, 1.82) is 0 Å². The number of rotatable bonds is 5. The zero-order valence-corrected chi connectivity index (χ0v) is 13.8. The maximum absolute atomic E-state index is 3.70. The number of nitrogens with one attached hydrogen (secondary N) is 1. The van der Waals surface area contributed by atoms with E-state index in [2.05, 4.69) is 47.2 Å². The summed E-state index contributed by atoms with van der Waals surface area (Å²) in [5, 5.41) is 3.70. The highest BCUT2D eigenvalue weighted by Crippen LogP contribution is 2.40. The van der Waals surface area contributed by atoms with Crippen LogP contribution in [0.15, 0.2) is 15.9 Å². The monoisotopic (exact) mass is 329 g/mol. The molecule has 18 heavy (non-hydrogen) atoms. The molecule has 1 unspecified atom stereocenters. The maximum atomic E-state index is 3.70. The highest BCUT2D eigenvalue weighted by atomic mass is 79.9. The summed E-state index contributed by atoms with van der Waals surface area (Å²) in [6.07, 6.45) is 7.01. The third-order valence-electron chi connectivity index (χ3n) is 4.26. The maximum Gasteiger partial charge on any atom is 0.0701 e. The van der Waals surface area contributed by atoms with Crippen molar-refractivity contribution in [3.8, 4) is 0 Å². The van der Waals surface area contributed by atoms with Crippen LogP contribution in [-0.4, -0.2) is 6.54 Å². The van der Waals surface area contributed by atoms with E-state index in [0.717, 1.165) is 18.4 Å². The van der Waals surface area contributed by atoms with Gasteiger partial charge in [0.05, 0.1) is 3.79 Å². The van der Waals surface area contributed by atoms with Crippen LogP contribution < -0.4 is 5.32 Å². The van der Waals surface area contributed by atoms with Gasteiger partial charge in [0.25, 0.3) is 0 Å². The van der Waals surface area contributed by atoms with Gasteiger partial charge in [-0.15, -0.1) is 11.3 Å². The van der Waals surface area contributed by atoms with Crippen molar-refractivity contribution in [2.45, 2.75) is 52.0 Å². The molecule has 0 aromatic carbocycles. The molecular weight excluding hydrogens is 306 g/mol. The van der Waals surface area contributed by atoms with Crippen molar-refractivity contribution >= 4 is 27.3 Å². The zero-order chi connectivity index (χ0) is 13.0. The minimum absolute atomic E-state index is 0.573. The molecule has 1 heterocycles. The average molecular weight is 330 g/mol. The summed E-state index contributed by atoms with van der Waals surface area (Å²) in [5.74, 6) is 1.82. The van der Waals surface area contributed by atoms with E-state index in [0.29, 0.717) is 6.04 Å².